The van der Waals surface area contributed by atoms with Gasteiger partial charge in [0.2, 0.25) is 0 Å². The van der Waals surface area contributed by atoms with Crippen LogP contribution in [0.2, 0.25) is 0 Å². The smallest absolute Gasteiger partial charge is 0.259 e. The van der Waals surface area contributed by atoms with E-state index >= 15 is 0 Å². The number of benzene rings is 1. The average molecular weight is 367 g/mol. The number of hydrogen-bond donors (Lipinski definition) is 1. The SMILES string of the molecule is Cc1sc2nc([C@@H](C)Sc3ccc4ccccc4n3)[nH]c(=O)c2c1C. The largest absolute Gasteiger partial charge is 0.309 e. The fourth-order valence-corrected chi connectivity index (χ4v) is 4.73. The van der Waals surface area contributed by atoms with E-state index in [0.29, 0.717) is 11.2 Å². The molecule has 0 saturated heterocycles. The van der Waals surface area contributed by atoms with Gasteiger partial charge in [0.1, 0.15) is 10.7 Å². The van der Waals surface area contributed by atoms with Crippen LogP contribution in [0.15, 0.2) is 46.2 Å². The summed E-state index contributed by atoms with van der Waals surface area (Å²) >= 11 is 3.18. The second-order valence-corrected chi connectivity index (χ2v) is 8.58. The Labute approximate surface area is 153 Å². The predicted molar refractivity (Wildman–Crippen MR) is 106 cm³/mol. The maximum Gasteiger partial charge on any atom is 0.259 e. The van der Waals surface area contributed by atoms with Gasteiger partial charge in [-0.05, 0) is 38.5 Å². The van der Waals surface area contributed by atoms with Gasteiger partial charge >= 0.3 is 0 Å². The molecule has 3 heterocycles. The molecular formula is C19H17N3OS2. The molecule has 4 aromatic rings. The third-order valence-corrected chi connectivity index (χ3v) is 6.46. The Hall–Kier alpha value is -2.18. The highest BCUT2D eigenvalue weighted by Crippen LogP contribution is 2.34. The minimum Gasteiger partial charge on any atom is -0.309 e. The quantitative estimate of drug-likeness (QED) is 0.518. The molecule has 1 N–H and O–H groups in total. The first-order valence-electron chi connectivity index (χ1n) is 8.05. The van der Waals surface area contributed by atoms with E-state index in [4.69, 9.17) is 4.98 Å². The van der Waals surface area contributed by atoms with Crippen molar-refractivity contribution >= 4 is 44.2 Å². The molecule has 0 fully saturated rings. The maximum atomic E-state index is 12.5. The van der Waals surface area contributed by atoms with E-state index < -0.39 is 0 Å². The molecule has 0 unspecified atom stereocenters. The lowest BCUT2D eigenvalue weighted by atomic mass is 10.2. The number of para-hydroxylation sites is 1. The second-order valence-electron chi connectivity index (χ2n) is 6.02. The second kappa shape index (κ2) is 6.28. The molecule has 1 atom stereocenters. The Morgan fingerprint density at radius 2 is 1.92 bits per heavy atom. The van der Waals surface area contributed by atoms with Crippen LogP contribution in [0.25, 0.3) is 21.1 Å². The van der Waals surface area contributed by atoms with Crippen LogP contribution >= 0.6 is 23.1 Å². The maximum absolute atomic E-state index is 12.5. The van der Waals surface area contributed by atoms with Gasteiger partial charge in [0.15, 0.2) is 0 Å². The molecule has 0 aliphatic carbocycles. The number of aryl methyl sites for hydroxylation is 2. The van der Waals surface area contributed by atoms with Gasteiger partial charge in [-0.15, -0.1) is 11.3 Å². The highest BCUT2D eigenvalue weighted by Gasteiger charge is 2.16. The zero-order chi connectivity index (χ0) is 17.6. The minimum absolute atomic E-state index is 0.00785. The third-order valence-electron chi connectivity index (χ3n) is 4.31. The summed E-state index contributed by atoms with van der Waals surface area (Å²) < 4.78 is 0. The molecule has 126 valence electrons. The normalized spacial score (nSPS) is 12.8. The molecule has 0 aliphatic heterocycles. The van der Waals surface area contributed by atoms with E-state index in [1.165, 1.54) is 0 Å². The first-order valence-corrected chi connectivity index (χ1v) is 9.75. The number of aromatic nitrogens is 3. The Morgan fingerprint density at radius 1 is 1.12 bits per heavy atom. The molecule has 4 rings (SSSR count). The van der Waals surface area contributed by atoms with E-state index in [1.807, 2.05) is 45.0 Å². The number of nitrogens with zero attached hydrogens (tertiary/aromatic N) is 2. The van der Waals surface area contributed by atoms with Crippen LogP contribution in [0.1, 0.15) is 28.4 Å². The molecule has 6 heteroatoms. The van der Waals surface area contributed by atoms with Crippen molar-refractivity contribution in [1.29, 1.82) is 0 Å². The number of thioether (sulfide) groups is 1. The van der Waals surface area contributed by atoms with Crippen molar-refractivity contribution in [3.8, 4) is 0 Å². The zero-order valence-electron chi connectivity index (χ0n) is 14.2. The summed E-state index contributed by atoms with van der Waals surface area (Å²) in [5.41, 5.74) is 1.94. The van der Waals surface area contributed by atoms with Crippen molar-refractivity contribution < 1.29 is 0 Å². The van der Waals surface area contributed by atoms with E-state index in [-0.39, 0.29) is 10.8 Å². The third kappa shape index (κ3) is 2.96. The van der Waals surface area contributed by atoms with Gasteiger partial charge in [0.05, 0.1) is 21.2 Å². The number of H-pyrrole nitrogens is 1. The lowest BCUT2D eigenvalue weighted by Gasteiger charge is -2.10. The molecule has 0 bridgehead atoms. The van der Waals surface area contributed by atoms with Crippen LogP contribution < -0.4 is 5.56 Å². The van der Waals surface area contributed by atoms with Crippen LogP contribution in [-0.2, 0) is 0 Å². The fourth-order valence-electron chi connectivity index (χ4n) is 2.81. The number of pyridine rings is 1. The molecule has 3 aromatic heterocycles. The monoisotopic (exact) mass is 367 g/mol. The lowest BCUT2D eigenvalue weighted by Crippen LogP contribution is -2.12. The van der Waals surface area contributed by atoms with E-state index in [2.05, 4.69) is 22.1 Å². The first-order chi connectivity index (χ1) is 12.0. The Morgan fingerprint density at radius 3 is 2.76 bits per heavy atom. The van der Waals surface area contributed by atoms with Gasteiger partial charge in [-0.1, -0.05) is 36.0 Å². The van der Waals surface area contributed by atoms with Crippen LogP contribution in [0.3, 0.4) is 0 Å². The van der Waals surface area contributed by atoms with Crippen molar-refractivity contribution in [2.24, 2.45) is 0 Å². The van der Waals surface area contributed by atoms with E-state index in [1.54, 1.807) is 23.1 Å². The average Bonchev–Trinajstić information content (AvgIpc) is 2.89. The molecule has 4 nitrogen and oxygen atoms in total. The first kappa shape index (κ1) is 16.3. The van der Waals surface area contributed by atoms with E-state index in [0.717, 1.165) is 31.2 Å². The number of rotatable bonds is 3. The molecule has 0 amide bonds. The molecule has 0 spiro atoms. The van der Waals surface area contributed by atoms with E-state index in [9.17, 15) is 4.79 Å². The lowest BCUT2D eigenvalue weighted by molar-refractivity contribution is 0.922. The summed E-state index contributed by atoms with van der Waals surface area (Å²) in [6.45, 7) is 6.04. The summed E-state index contributed by atoms with van der Waals surface area (Å²) in [6, 6.07) is 12.1. The molecular weight excluding hydrogens is 350 g/mol. The highest BCUT2D eigenvalue weighted by molar-refractivity contribution is 7.99. The van der Waals surface area contributed by atoms with Crippen molar-refractivity contribution in [3.05, 3.63) is 63.0 Å². The van der Waals surface area contributed by atoms with Crippen LogP contribution in [0.5, 0.6) is 0 Å². The van der Waals surface area contributed by atoms with Crippen LogP contribution in [0, 0.1) is 13.8 Å². The summed E-state index contributed by atoms with van der Waals surface area (Å²) in [4.78, 5) is 26.7. The Kier molecular flexibility index (Phi) is 4.09. The molecule has 0 aliphatic rings. The van der Waals surface area contributed by atoms with Crippen molar-refractivity contribution in [1.82, 2.24) is 15.0 Å². The molecule has 25 heavy (non-hydrogen) atoms. The van der Waals surface area contributed by atoms with Gasteiger partial charge in [-0.2, -0.15) is 0 Å². The van der Waals surface area contributed by atoms with Crippen molar-refractivity contribution in [2.45, 2.75) is 31.0 Å². The molecule has 0 radical (unpaired) electrons. The van der Waals surface area contributed by atoms with Gasteiger partial charge in [0.25, 0.3) is 5.56 Å². The molecule has 0 saturated carbocycles. The Bertz CT molecular complexity index is 1150. The van der Waals surface area contributed by atoms with Gasteiger partial charge in [-0.25, -0.2) is 9.97 Å². The number of hydrogen-bond acceptors (Lipinski definition) is 5. The van der Waals surface area contributed by atoms with Crippen molar-refractivity contribution in [2.75, 3.05) is 0 Å². The highest BCUT2D eigenvalue weighted by atomic mass is 32.2. The number of nitrogens with one attached hydrogen (secondary N) is 1. The van der Waals surface area contributed by atoms with Crippen LogP contribution in [-0.4, -0.2) is 15.0 Å². The van der Waals surface area contributed by atoms with Gasteiger partial charge < -0.3 is 4.98 Å². The molecule has 1 aromatic carbocycles. The topological polar surface area (TPSA) is 58.6 Å². The number of thiophene rings is 1. The summed E-state index contributed by atoms with van der Waals surface area (Å²) in [5, 5.41) is 2.77. The summed E-state index contributed by atoms with van der Waals surface area (Å²) in [7, 11) is 0. The Balaban J connectivity index is 1.69. The fraction of sp³-hybridized carbons (Fsp3) is 0.211. The predicted octanol–water partition coefficient (Wildman–Crippen LogP) is 5.00. The number of fused-ring (bicyclic) bond motifs is 2. The standard InChI is InChI=1S/C19H17N3OS2/c1-10-11(2)25-19-16(10)18(23)21-17(22-19)12(3)24-15-9-8-13-6-4-5-7-14(13)20-15/h4-9,12H,1-3H3,(H,21,22,23)/t12-/m1/s1. The minimum atomic E-state index is -0.0548. The van der Waals surface area contributed by atoms with Crippen LogP contribution in [0.4, 0.5) is 0 Å². The van der Waals surface area contributed by atoms with Gasteiger partial charge in [0, 0.05) is 10.3 Å². The summed E-state index contributed by atoms with van der Waals surface area (Å²) in [6.07, 6.45) is 0. The summed E-state index contributed by atoms with van der Waals surface area (Å²) in [5.74, 6) is 0.693. The van der Waals surface area contributed by atoms with Gasteiger partial charge in [-0.3, -0.25) is 4.79 Å². The zero-order valence-corrected chi connectivity index (χ0v) is 15.8. The number of aromatic amines is 1. The van der Waals surface area contributed by atoms with Crippen molar-refractivity contribution in [3.63, 3.8) is 0 Å².